The molecule has 0 saturated carbocycles. The van der Waals surface area contributed by atoms with Gasteiger partial charge in [-0.15, -0.1) is 24.0 Å². The molecule has 0 aliphatic carbocycles. The third-order valence-electron chi connectivity index (χ3n) is 4.42. The van der Waals surface area contributed by atoms with Crippen molar-refractivity contribution in [2.24, 2.45) is 4.99 Å². The van der Waals surface area contributed by atoms with E-state index in [4.69, 9.17) is 4.74 Å². The third-order valence-corrected chi connectivity index (χ3v) is 4.42. The highest BCUT2D eigenvalue weighted by Gasteiger charge is 2.28. The molecule has 1 rings (SSSR count). The van der Waals surface area contributed by atoms with Crippen LogP contribution in [0.1, 0.15) is 34.1 Å². The second-order valence-corrected chi connectivity index (χ2v) is 7.17. The van der Waals surface area contributed by atoms with Gasteiger partial charge in [0.25, 0.3) is 0 Å². The summed E-state index contributed by atoms with van der Waals surface area (Å²) in [7, 11) is 3.49. The molecule has 1 aliphatic heterocycles. The molecule has 7 nitrogen and oxygen atoms in total. The molecule has 1 unspecified atom stereocenters. The zero-order chi connectivity index (χ0) is 18.2. The molecule has 0 radical (unpaired) electrons. The standard InChI is InChI=1S/C17H35N5O2.HI/c1-7-14(2)20-16(18-12-15(23)21(5)6)19-13-17(3,4)22-8-10-24-11-9-22;/h14H,7-13H2,1-6H3,(H2,18,19,20);1H. The summed E-state index contributed by atoms with van der Waals surface area (Å²) in [5, 5.41) is 6.76. The summed E-state index contributed by atoms with van der Waals surface area (Å²) in [5.41, 5.74) is -0.00671. The van der Waals surface area contributed by atoms with Gasteiger partial charge >= 0.3 is 0 Å². The first-order valence-corrected chi connectivity index (χ1v) is 8.84. The topological polar surface area (TPSA) is 69.2 Å². The van der Waals surface area contributed by atoms with Crippen LogP contribution in [0.2, 0.25) is 0 Å². The van der Waals surface area contributed by atoms with Crippen LogP contribution in [0, 0.1) is 0 Å². The van der Waals surface area contributed by atoms with Crippen LogP contribution in [-0.4, -0.2) is 86.7 Å². The van der Waals surface area contributed by atoms with Gasteiger partial charge in [-0.2, -0.15) is 0 Å². The van der Waals surface area contributed by atoms with Crippen LogP contribution >= 0.6 is 24.0 Å². The lowest BCUT2D eigenvalue weighted by Crippen LogP contribution is -2.57. The van der Waals surface area contributed by atoms with Crippen LogP contribution in [0.4, 0.5) is 0 Å². The van der Waals surface area contributed by atoms with E-state index >= 15 is 0 Å². The number of morpholine rings is 1. The SMILES string of the molecule is CCC(C)NC(=NCC(=O)N(C)C)NCC(C)(C)N1CCOCC1.I. The molecule has 0 aromatic heterocycles. The molecule has 0 aromatic rings. The van der Waals surface area contributed by atoms with Gasteiger partial charge in [0.05, 0.1) is 13.2 Å². The predicted octanol–water partition coefficient (Wildman–Crippen LogP) is 1.14. The summed E-state index contributed by atoms with van der Waals surface area (Å²) in [4.78, 5) is 20.2. The zero-order valence-electron chi connectivity index (χ0n) is 16.6. The number of amides is 1. The number of carbonyl (C=O) groups excluding carboxylic acids is 1. The smallest absolute Gasteiger partial charge is 0.243 e. The van der Waals surface area contributed by atoms with Crippen molar-refractivity contribution >= 4 is 35.8 Å². The van der Waals surface area contributed by atoms with Crippen molar-refractivity contribution in [2.75, 3.05) is 53.5 Å². The molecule has 148 valence electrons. The van der Waals surface area contributed by atoms with Crippen molar-refractivity contribution in [3.63, 3.8) is 0 Å². The Kier molecular flexibility index (Phi) is 11.6. The molecule has 0 aromatic carbocycles. The van der Waals surface area contributed by atoms with E-state index < -0.39 is 0 Å². The average molecular weight is 469 g/mol. The Bertz CT molecular complexity index is 423. The number of aliphatic imine (C=N–C) groups is 1. The van der Waals surface area contributed by atoms with Crippen LogP contribution in [-0.2, 0) is 9.53 Å². The average Bonchev–Trinajstić information content (AvgIpc) is 2.57. The Morgan fingerprint density at radius 1 is 1.32 bits per heavy atom. The lowest BCUT2D eigenvalue weighted by atomic mass is 10.0. The van der Waals surface area contributed by atoms with E-state index in [1.807, 2.05) is 0 Å². The van der Waals surface area contributed by atoms with Crippen molar-refractivity contribution in [3.8, 4) is 0 Å². The summed E-state index contributed by atoms with van der Waals surface area (Å²) < 4.78 is 5.43. The Morgan fingerprint density at radius 3 is 2.44 bits per heavy atom. The third kappa shape index (κ3) is 9.05. The van der Waals surface area contributed by atoms with Gasteiger partial charge in [-0.05, 0) is 27.2 Å². The fourth-order valence-electron chi connectivity index (χ4n) is 2.36. The maximum absolute atomic E-state index is 11.8. The molecular formula is C17H36IN5O2. The van der Waals surface area contributed by atoms with Gasteiger partial charge in [-0.1, -0.05) is 6.92 Å². The number of likely N-dealkylation sites (N-methyl/N-ethyl adjacent to an activating group) is 1. The maximum atomic E-state index is 11.8. The second kappa shape index (κ2) is 11.9. The highest BCUT2D eigenvalue weighted by Crippen LogP contribution is 2.15. The summed E-state index contributed by atoms with van der Waals surface area (Å²) in [6.07, 6.45) is 0.995. The van der Waals surface area contributed by atoms with Gasteiger partial charge < -0.3 is 20.3 Å². The number of guanidine groups is 1. The number of halogens is 1. The van der Waals surface area contributed by atoms with E-state index in [1.165, 1.54) is 0 Å². The first kappa shape index (κ1) is 24.4. The molecule has 2 N–H and O–H groups in total. The minimum Gasteiger partial charge on any atom is -0.379 e. The Morgan fingerprint density at radius 2 is 1.92 bits per heavy atom. The van der Waals surface area contributed by atoms with Crippen LogP contribution in [0.3, 0.4) is 0 Å². The second-order valence-electron chi connectivity index (χ2n) is 7.17. The summed E-state index contributed by atoms with van der Waals surface area (Å²) in [6.45, 7) is 13.0. The van der Waals surface area contributed by atoms with E-state index in [-0.39, 0.29) is 42.0 Å². The Labute approximate surface area is 170 Å². The van der Waals surface area contributed by atoms with E-state index in [2.05, 4.69) is 48.2 Å². The number of hydrogen-bond acceptors (Lipinski definition) is 4. The number of nitrogens with zero attached hydrogens (tertiary/aromatic N) is 3. The monoisotopic (exact) mass is 469 g/mol. The Hall–Kier alpha value is -0.610. The number of ether oxygens (including phenoxy) is 1. The van der Waals surface area contributed by atoms with Gasteiger partial charge in [0.15, 0.2) is 5.96 Å². The summed E-state index contributed by atoms with van der Waals surface area (Å²) in [5.74, 6) is 0.688. The van der Waals surface area contributed by atoms with Gasteiger partial charge in [0.1, 0.15) is 6.54 Å². The van der Waals surface area contributed by atoms with Crippen LogP contribution < -0.4 is 10.6 Å². The van der Waals surface area contributed by atoms with Crippen LogP contribution in [0.25, 0.3) is 0 Å². The van der Waals surface area contributed by atoms with Gasteiger partial charge in [-0.25, -0.2) is 4.99 Å². The van der Waals surface area contributed by atoms with Crippen LogP contribution in [0.15, 0.2) is 4.99 Å². The fraction of sp³-hybridized carbons (Fsp3) is 0.882. The van der Waals surface area contributed by atoms with E-state index in [9.17, 15) is 4.79 Å². The van der Waals surface area contributed by atoms with Gasteiger partial charge in [0.2, 0.25) is 5.91 Å². The maximum Gasteiger partial charge on any atom is 0.243 e. The van der Waals surface area contributed by atoms with E-state index in [1.54, 1.807) is 19.0 Å². The molecule has 8 heteroatoms. The minimum atomic E-state index is -0.00677. The van der Waals surface area contributed by atoms with E-state index in [0.717, 1.165) is 39.3 Å². The minimum absolute atomic E-state index is 0. The highest BCUT2D eigenvalue weighted by molar-refractivity contribution is 14.0. The largest absolute Gasteiger partial charge is 0.379 e. The first-order valence-electron chi connectivity index (χ1n) is 8.84. The summed E-state index contributed by atoms with van der Waals surface area (Å²) in [6, 6.07) is 0.303. The van der Waals surface area contributed by atoms with Crippen molar-refractivity contribution in [1.82, 2.24) is 20.4 Å². The van der Waals surface area contributed by atoms with Crippen molar-refractivity contribution < 1.29 is 9.53 Å². The molecule has 0 bridgehead atoms. The van der Waals surface area contributed by atoms with Crippen LogP contribution in [0.5, 0.6) is 0 Å². The number of hydrogen-bond donors (Lipinski definition) is 2. The molecule has 1 atom stereocenters. The zero-order valence-corrected chi connectivity index (χ0v) is 18.9. The Balaban J connectivity index is 0.00000576. The number of carbonyl (C=O) groups is 1. The molecular weight excluding hydrogens is 433 g/mol. The van der Waals surface area contributed by atoms with Crippen molar-refractivity contribution in [3.05, 3.63) is 0 Å². The predicted molar refractivity (Wildman–Crippen MR) is 114 cm³/mol. The lowest BCUT2D eigenvalue weighted by Gasteiger charge is -2.41. The van der Waals surface area contributed by atoms with Crippen molar-refractivity contribution in [1.29, 1.82) is 0 Å². The molecule has 0 spiro atoms. The first-order chi connectivity index (χ1) is 11.3. The normalized spacial score (nSPS) is 17.4. The van der Waals surface area contributed by atoms with Gasteiger partial charge in [-0.3, -0.25) is 9.69 Å². The van der Waals surface area contributed by atoms with E-state index in [0.29, 0.717) is 12.0 Å². The molecule has 1 amide bonds. The molecule has 1 aliphatic rings. The lowest BCUT2D eigenvalue weighted by molar-refractivity contribution is -0.127. The molecule has 1 heterocycles. The molecule has 1 fully saturated rings. The molecule has 25 heavy (non-hydrogen) atoms. The summed E-state index contributed by atoms with van der Waals surface area (Å²) >= 11 is 0. The number of rotatable bonds is 7. The number of nitrogens with one attached hydrogen (secondary N) is 2. The highest BCUT2D eigenvalue weighted by atomic mass is 127. The van der Waals surface area contributed by atoms with Gasteiger partial charge in [0, 0.05) is 45.3 Å². The van der Waals surface area contributed by atoms with Crippen molar-refractivity contribution in [2.45, 2.75) is 45.7 Å². The fourth-order valence-corrected chi connectivity index (χ4v) is 2.36. The molecule has 1 saturated heterocycles. The quantitative estimate of drug-likeness (QED) is 0.333.